The molecule has 1 aliphatic heterocycles. The van der Waals surface area contributed by atoms with Crippen molar-refractivity contribution in [2.45, 2.75) is 16.6 Å². The van der Waals surface area contributed by atoms with E-state index < -0.39 is 22.9 Å². The highest BCUT2D eigenvalue weighted by atomic mass is 79.9. The van der Waals surface area contributed by atoms with Crippen LogP contribution in [0, 0.1) is 5.82 Å². The fourth-order valence-electron chi connectivity index (χ4n) is 4.26. The fourth-order valence-corrected chi connectivity index (χ4v) is 5.63. The maximum atomic E-state index is 14.4. The number of rotatable bonds is 8. The molecular formula is C32H23BrFN3O4S. The van der Waals surface area contributed by atoms with Gasteiger partial charge in [0, 0.05) is 32.6 Å². The Balaban J connectivity index is 1.33. The van der Waals surface area contributed by atoms with Crippen LogP contribution in [0.3, 0.4) is 0 Å². The molecule has 0 spiro atoms. The van der Waals surface area contributed by atoms with E-state index in [9.17, 15) is 23.6 Å². The molecule has 4 aromatic carbocycles. The summed E-state index contributed by atoms with van der Waals surface area (Å²) in [5.41, 5.74) is 1.19. The van der Waals surface area contributed by atoms with Crippen LogP contribution in [-0.4, -0.2) is 28.9 Å². The first-order chi connectivity index (χ1) is 20.3. The Morgan fingerprint density at radius 3 is 2.36 bits per heavy atom. The highest BCUT2D eigenvalue weighted by Crippen LogP contribution is 2.35. The van der Waals surface area contributed by atoms with E-state index in [1.54, 1.807) is 84.9 Å². The average molecular weight is 645 g/mol. The molecule has 0 unspecified atom stereocenters. The summed E-state index contributed by atoms with van der Waals surface area (Å²) in [6.45, 7) is 0. The lowest BCUT2D eigenvalue weighted by molar-refractivity contribution is -0.121. The highest BCUT2D eigenvalue weighted by Gasteiger charge is 2.40. The van der Waals surface area contributed by atoms with Crippen LogP contribution in [0.1, 0.15) is 22.3 Å². The lowest BCUT2D eigenvalue weighted by Gasteiger charge is -2.15. The molecule has 1 atom stereocenters. The summed E-state index contributed by atoms with van der Waals surface area (Å²) in [4.78, 5) is 53.8. The zero-order valence-corrected chi connectivity index (χ0v) is 24.3. The summed E-state index contributed by atoms with van der Waals surface area (Å²) in [7, 11) is 0. The van der Waals surface area contributed by atoms with Gasteiger partial charge in [-0.1, -0.05) is 58.4 Å². The largest absolute Gasteiger partial charge is 0.321 e. The molecule has 0 aliphatic carbocycles. The SMILES string of the molecule is O=C(Nc1cccc(S[C@H]2CC(=O)N(c3ccc(Br)cc3)C2=O)c1)/C(=C/c1ccccc1F)NC(=O)c1ccccc1. The second kappa shape index (κ2) is 13.0. The number of carbonyl (C=O) groups excluding carboxylic acids is 4. The second-order valence-corrected chi connectivity index (χ2v) is 11.4. The van der Waals surface area contributed by atoms with E-state index in [1.807, 2.05) is 0 Å². The minimum atomic E-state index is -0.668. The predicted octanol–water partition coefficient (Wildman–Crippen LogP) is 6.42. The van der Waals surface area contributed by atoms with Gasteiger partial charge in [-0.15, -0.1) is 11.8 Å². The zero-order valence-electron chi connectivity index (χ0n) is 21.9. The Bertz CT molecular complexity index is 1700. The number of amides is 4. The van der Waals surface area contributed by atoms with Crippen molar-refractivity contribution in [2.24, 2.45) is 0 Å². The molecule has 7 nitrogen and oxygen atoms in total. The summed E-state index contributed by atoms with van der Waals surface area (Å²) in [6, 6.07) is 28.0. The van der Waals surface area contributed by atoms with Gasteiger partial charge in [0.25, 0.3) is 11.8 Å². The van der Waals surface area contributed by atoms with Crippen LogP contribution in [0.25, 0.3) is 6.08 Å². The molecule has 1 fully saturated rings. The molecule has 0 saturated carbocycles. The van der Waals surface area contributed by atoms with Crippen molar-refractivity contribution in [3.63, 3.8) is 0 Å². The van der Waals surface area contributed by atoms with Crippen molar-refractivity contribution in [3.8, 4) is 0 Å². The molecule has 1 saturated heterocycles. The second-order valence-electron chi connectivity index (χ2n) is 9.24. The van der Waals surface area contributed by atoms with Crippen molar-refractivity contribution in [1.82, 2.24) is 5.32 Å². The van der Waals surface area contributed by atoms with Gasteiger partial charge in [0.05, 0.1) is 10.9 Å². The van der Waals surface area contributed by atoms with Crippen molar-refractivity contribution in [2.75, 3.05) is 10.2 Å². The summed E-state index contributed by atoms with van der Waals surface area (Å²) >= 11 is 4.57. The zero-order chi connectivity index (χ0) is 29.6. The molecule has 210 valence electrons. The summed E-state index contributed by atoms with van der Waals surface area (Å²) in [6.07, 6.45) is 1.31. The third kappa shape index (κ3) is 6.84. The van der Waals surface area contributed by atoms with Gasteiger partial charge in [0.15, 0.2) is 0 Å². The van der Waals surface area contributed by atoms with Crippen LogP contribution in [0.5, 0.6) is 0 Å². The molecule has 0 radical (unpaired) electrons. The number of thioether (sulfide) groups is 1. The lowest BCUT2D eigenvalue weighted by atomic mass is 10.1. The lowest BCUT2D eigenvalue weighted by Crippen LogP contribution is -2.31. The number of imide groups is 1. The summed E-state index contributed by atoms with van der Waals surface area (Å²) < 4.78 is 15.2. The number of halogens is 2. The van der Waals surface area contributed by atoms with Crippen LogP contribution in [0.2, 0.25) is 0 Å². The van der Waals surface area contributed by atoms with Crippen molar-refractivity contribution >= 4 is 68.8 Å². The van der Waals surface area contributed by atoms with Gasteiger partial charge in [0.2, 0.25) is 11.8 Å². The number of carbonyl (C=O) groups is 4. The van der Waals surface area contributed by atoms with Gasteiger partial charge in [-0.25, -0.2) is 9.29 Å². The van der Waals surface area contributed by atoms with E-state index in [4.69, 9.17) is 0 Å². The van der Waals surface area contributed by atoms with E-state index in [2.05, 4.69) is 26.6 Å². The van der Waals surface area contributed by atoms with Crippen molar-refractivity contribution < 1.29 is 23.6 Å². The number of anilines is 2. The van der Waals surface area contributed by atoms with Crippen molar-refractivity contribution in [1.29, 1.82) is 0 Å². The normalized spacial score (nSPS) is 15.0. The minimum absolute atomic E-state index is 0.0389. The Labute approximate surface area is 253 Å². The fraction of sp³-hybridized carbons (Fsp3) is 0.0625. The van der Waals surface area contributed by atoms with Gasteiger partial charge in [-0.3, -0.25) is 19.2 Å². The molecule has 1 heterocycles. The number of hydrogen-bond acceptors (Lipinski definition) is 5. The summed E-state index contributed by atoms with van der Waals surface area (Å²) in [5.74, 6) is -2.36. The third-order valence-electron chi connectivity index (χ3n) is 6.29. The molecule has 2 N–H and O–H groups in total. The molecule has 0 aromatic heterocycles. The molecular weight excluding hydrogens is 621 g/mol. The minimum Gasteiger partial charge on any atom is -0.321 e. The monoisotopic (exact) mass is 643 g/mol. The first-order valence-electron chi connectivity index (χ1n) is 12.8. The van der Waals surface area contributed by atoms with Crippen LogP contribution in [0.4, 0.5) is 15.8 Å². The van der Waals surface area contributed by atoms with E-state index >= 15 is 0 Å². The molecule has 4 amide bonds. The molecule has 42 heavy (non-hydrogen) atoms. The van der Waals surface area contributed by atoms with Gasteiger partial charge in [-0.2, -0.15) is 0 Å². The maximum Gasteiger partial charge on any atom is 0.272 e. The number of hydrogen-bond donors (Lipinski definition) is 2. The first-order valence-corrected chi connectivity index (χ1v) is 14.5. The molecule has 0 bridgehead atoms. The Morgan fingerprint density at radius 1 is 0.905 bits per heavy atom. The molecule has 1 aliphatic rings. The standard InChI is InChI=1S/C32H23BrFN3O4S/c33-22-13-15-24(16-14-22)37-29(38)19-28(32(37)41)42-25-11-6-10-23(18-25)35-31(40)27(17-21-9-4-5-12-26(21)34)36-30(39)20-7-2-1-3-8-20/h1-18,28H,19H2,(H,35,40)(H,36,39)/b27-17-/t28-/m0/s1. The van der Waals surface area contributed by atoms with E-state index in [0.29, 0.717) is 21.8 Å². The van der Waals surface area contributed by atoms with E-state index in [-0.39, 0.29) is 29.5 Å². The molecule has 4 aromatic rings. The van der Waals surface area contributed by atoms with Crippen LogP contribution < -0.4 is 15.5 Å². The smallest absolute Gasteiger partial charge is 0.272 e. The van der Waals surface area contributed by atoms with Crippen LogP contribution in [-0.2, 0) is 14.4 Å². The number of nitrogens with one attached hydrogen (secondary N) is 2. The quantitative estimate of drug-likeness (QED) is 0.171. The van der Waals surface area contributed by atoms with Gasteiger partial charge in [-0.05, 0) is 66.7 Å². The highest BCUT2D eigenvalue weighted by molar-refractivity contribution is 9.10. The predicted molar refractivity (Wildman–Crippen MR) is 164 cm³/mol. The Kier molecular flexibility index (Phi) is 8.94. The van der Waals surface area contributed by atoms with Gasteiger partial charge < -0.3 is 10.6 Å². The van der Waals surface area contributed by atoms with E-state index in [1.165, 1.54) is 40.9 Å². The van der Waals surface area contributed by atoms with Crippen LogP contribution >= 0.6 is 27.7 Å². The number of nitrogens with zero attached hydrogens (tertiary/aromatic N) is 1. The maximum absolute atomic E-state index is 14.4. The van der Waals surface area contributed by atoms with E-state index in [0.717, 1.165) is 4.47 Å². The number of benzene rings is 4. The van der Waals surface area contributed by atoms with Gasteiger partial charge in [0.1, 0.15) is 11.5 Å². The molecule has 5 rings (SSSR count). The average Bonchev–Trinajstić information content (AvgIpc) is 3.26. The van der Waals surface area contributed by atoms with Crippen LogP contribution in [0.15, 0.2) is 118 Å². The van der Waals surface area contributed by atoms with Crippen molar-refractivity contribution in [3.05, 3.63) is 130 Å². The first kappa shape index (κ1) is 29.0. The molecule has 10 heteroatoms. The third-order valence-corrected chi connectivity index (χ3v) is 8.00. The summed E-state index contributed by atoms with van der Waals surface area (Å²) in [5, 5.41) is 4.69. The van der Waals surface area contributed by atoms with Gasteiger partial charge >= 0.3 is 0 Å². The Hall–Kier alpha value is -4.54. The topological polar surface area (TPSA) is 95.6 Å². The Morgan fingerprint density at radius 2 is 1.62 bits per heavy atom.